The van der Waals surface area contributed by atoms with Crippen LogP contribution in [0.15, 0.2) is 200 Å². The van der Waals surface area contributed by atoms with Gasteiger partial charge < -0.3 is 0 Å². The van der Waals surface area contributed by atoms with E-state index in [4.69, 9.17) is 15.0 Å². The molecule has 0 saturated heterocycles. The SMILES string of the molecule is c1ccc(-c2ccc(-c3ccc(-c4nc(-c5cccc(-c6ccc7c(c6)sc6ccccc67)c5)nc(-c5ccccc5-c5ccccc5)n4)cc3)cc2)cc1. The second-order valence-electron chi connectivity index (χ2n) is 13.6. The van der Waals surface area contributed by atoms with E-state index in [1.54, 1.807) is 0 Å². The van der Waals surface area contributed by atoms with Crippen LogP contribution in [-0.4, -0.2) is 15.0 Å². The molecule has 10 rings (SSSR count). The lowest BCUT2D eigenvalue weighted by Crippen LogP contribution is -2.01. The summed E-state index contributed by atoms with van der Waals surface area (Å²) >= 11 is 1.84. The van der Waals surface area contributed by atoms with E-state index >= 15 is 0 Å². The molecule has 8 aromatic carbocycles. The van der Waals surface area contributed by atoms with Crippen LogP contribution in [0.3, 0.4) is 0 Å². The number of hydrogen-bond acceptors (Lipinski definition) is 4. The van der Waals surface area contributed by atoms with Crippen molar-refractivity contribution in [1.29, 1.82) is 0 Å². The summed E-state index contributed by atoms with van der Waals surface area (Å²) in [5.74, 6) is 1.90. The first kappa shape index (κ1) is 32.6. The molecule has 55 heavy (non-hydrogen) atoms. The fourth-order valence-electron chi connectivity index (χ4n) is 7.34. The highest BCUT2D eigenvalue weighted by Crippen LogP contribution is 2.38. The van der Waals surface area contributed by atoms with Gasteiger partial charge in [-0.2, -0.15) is 0 Å². The van der Waals surface area contributed by atoms with Crippen LogP contribution in [0.5, 0.6) is 0 Å². The molecule has 2 heterocycles. The van der Waals surface area contributed by atoms with E-state index in [0.717, 1.165) is 50.1 Å². The highest BCUT2D eigenvalue weighted by molar-refractivity contribution is 7.25. The van der Waals surface area contributed by atoms with Crippen molar-refractivity contribution in [3.63, 3.8) is 0 Å². The van der Waals surface area contributed by atoms with Crippen molar-refractivity contribution in [1.82, 2.24) is 15.0 Å². The Morgan fingerprint density at radius 2 is 0.709 bits per heavy atom. The van der Waals surface area contributed by atoms with Crippen molar-refractivity contribution in [3.8, 4) is 78.7 Å². The monoisotopic (exact) mass is 719 g/mol. The van der Waals surface area contributed by atoms with Crippen molar-refractivity contribution in [2.45, 2.75) is 0 Å². The van der Waals surface area contributed by atoms with E-state index < -0.39 is 0 Å². The Bertz CT molecular complexity index is 2950. The number of hydrogen-bond donors (Lipinski definition) is 0. The van der Waals surface area contributed by atoms with Gasteiger partial charge in [0.05, 0.1) is 0 Å². The van der Waals surface area contributed by atoms with Crippen LogP contribution in [-0.2, 0) is 0 Å². The first-order chi connectivity index (χ1) is 27.2. The fourth-order valence-corrected chi connectivity index (χ4v) is 8.49. The molecule has 0 aliphatic heterocycles. The maximum atomic E-state index is 5.18. The zero-order valence-corrected chi connectivity index (χ0v) is 30.6. The predicted molar refractivity (Wildman–Crippen MR) is 231 cm³/mol. The van der Waals surface area contributed by atoms with Crippen LogP contribution in [0.4, 0.5) is 0 Å². The summed E-state index contributed by atoms with van der Waals surface area (Å²) in [6.45, 7) is 0. The predicted octanol–water partition coefficient (Wildman–Crippen LogP) is 13.9. The molecule has 0 atom stereocenters. The Hall–Kier alpha value is -7.01. The summed E-state index contributed by atoms with van der Waals surface area (Å²) in [7, 11) is 0. The Morgan fingerprint density at radius 3 is 1.42 bits per heavy atom. The number of fused-ring (bicyclic) bond motifs is 3. The van der Waals surface area contributed by atoms with Gasteiger partial charge in [-0.15, -0.1) is 11.3 Å². The molecule has 3 nitrogen and oxygen atoms in total. The lowest BCUT2D eigenvalue weighted by molar-refractivity contribution is 1.07. The van der Waals surface area contributed by atoms with Gasteiger partial charge in [0.2, 0.25) is 0 Å². The molecule has 0 fully saturated rings. The second kappa shape index (κ2) is 14.1. The number of thiophene rings is 1. The van der Waals surface area contributed by atoms with Crippen molar-refractivity contribution >= 4 is 31.5 Å². The molecule has 4 heteroatoms. The van der Waals surface area contributed by atoms with Crippen molar-refractivity contribution < 1.29 is 0 Å². The van der Waals surface area contributed by atoms with Crippen LogP contribution >= 0.6 is 11.3 Å². The van der Waals surface area contributed by atoms with Gasteiger partial charge in [-0.05, 0) is 62.7 Å². The topological polar surface area (TPSA) is 38.7 Å². The third kappa shape index (κ3) is 6.39. The van der Waals surface area contributed by atoms with Crippen molar-refractivity contribution in [3.05, 3.63) is 200 Å². The first-order valence-electron chi connectivity index (χ1n) is 18.4. The third-order valence-corrected chi connectivity index (χ3v) is 11.3. The highest BCUT2D eigenvalue weighted by Gasteiger charge is 2.17. The zero-order chi connectivity index (χ0) is 36.6. The molecular formula is C51H33N3S. The summed E-state index contributed by atoms with van der Waals surface area (Å²) < 4.78 is 2.58. The maximum Gasteiger partial charge on any atom is 0.164 e. The number of benzene rings is 8. The molecule has 258 valence electrons. The van der Waals surface area contributed by atoms with Gasteiger partial charge in [-0.25, -0.2) is 15.0 Å². The summed E-state index contributed by atoms with van der Waals surface area (Å²) in [5.41, 5.74) is 12.0. The molecule has 0 amide bonds. The Kier molecular flexibility index (Phi) is 8.36. The zero-order valence-electron chi connectivity index (χ0n) is 29.8. The standard InChI is InChI=1S/C51H33N3S/c1-3-12-34(13-4-1)35-22-24-36(25-23-35)37-26-28-39(29-27-37)49-52-50(54-51(53-49)46-20-8-7-18-43(46)38-14-5-2-6-15-38)42-17-11-16-40(32-42)41-30-31-45-44-19-9-10-21-47(44)55-48(45)33-41/h1-33H. The van der Waals surface area contributed by atoms with Gasteiger partial charge in [0.15, 0.2) is 17.5 Å². The van der Waals surface area contributed by atoms with E-state index in [9.17, 15) is 0 Å². The quantitative estimate of drug-likeness (QED) is 0.165. The molecule has 0 aliphatic rings. The number of rotatable bonds is 7. The summed E-state index contributed by atoms with van der Waals surface area (Å²) in [6.07, 6.45) is 0. The molecule has 0 bridgehead atoms. The Morgan fingerprint density at radius 1 is 0.255 bits per heavy atom. The second-order valence-corrected chi connectivity index (χ2v) is 14.7. The van der Waals surface area contributed by atoms with Crippen molar-refractivity contribution in [2.75, 3.05) is 0 Å². The van der Waals surface area contributed by atoms with Gasteiger partial charge in [-0.3, -0.25) is 0 Å². The molecule has 0 spiro atoms. The summed E-state index contributed by atoms with van der Waals surface area (Å²) in [5, 5.41) is 2.59. The molecule has 0 saturated carbocycles. The minimum Gasteiger partial charge on any atom is -0.208 e. The van der Waals surface area contributed by atoms with Crippen LogP contribution in [0.25, 0.3) is 98.8 Å². The Labute approximate surface area is 323 Å². The Balaban J connectivity index is 1.06. The minimum atomic E-state index is 0.630. The smallest absolute Gasteiger partial charge is 0.164 e. The van der Waals surface area contributed by atoms with E-state index in [0.29, 0.717) is 17.5 Å². The van der Waals surface area contributed by atoms with Gasteiger partial charge in [-0.1, -0.05) is 182 Å². The van der Waals surface area contributed by atoms with Crippen molar-refractivity contribution in [2.24, 2.45) is 0 Å². The molecule has 0 N–H and O–H groups in total. The molecule has 0 aliphatic carbocycles. The molecule has 2 aromatic heterocycles. The summed E-state index contributed by atoms with van der Waals surface area (Å²) in [6, 6.07) is 70.5. The average Bonchev–Trinajstić information content (AvgIpc) is 3.65. The molecule has 10 aromatic rings. The number of nitrogens with zero attached hydrogens (tertiary/aromatic N) is 3. The lowest BCUT2D eigenvalue weighted by atomic mass is 9.98. The van der Waals surface area contributed by atoms with Gasteiger partial charge in [0, 0.05) is 36.9 Å². The largest absolute Gasteiger partial charge is 0.208 e. The fraction of sp³-hybridized carbons (Fsp3) is 0. The average molecular weight is 720 g/mol. The van der Waals surface area contributed by atoms with Crippen LogP contribution in [0.2, 0.25) is 0 Å². The maximum absolute atomic E-state index is 5.18. The lowest BCUT2D eigenvalue weighted by Gasteiger charge is -2.13. The van der Waals surface area contributed by atoms with Gasteiger partial charge in [0.25, 0.3) is 0 Å². The third-order valence-electron chi connectivity index (χ3n) is 10.2. The first-order valence-corrected chi connectivity index (χ1v) is 19.2. The molecular weight excluding hydrogens is 687 g/mol. The van der Waals surface area contributed by atoms with Crippen LogP contribution in [0.1, 0.15) is 0 Å². The van der Waals surface area contributed by atoms with E-state index in [-0.39, 0.29) is 0 Å². The van der Waals surface area contributed by atoms with E-state index in [1.807, 2.05) is 29.5 Å². The highest BCUT2D eigenvalue weighted by atomic mass is 32.1. The van der Waals surface area contributed by atoms with E-state index in [1.165, 1.54) is 31.3 Å². The van der Waals surface area contributed by atoms with E-state index in [2.05, 4.69) is 182 Å². The van der Waals surface area contributed by atoms with Crippen LogP contribution < -0.4 is 0 Å². The number of aromatic nitrogens is 3. The molecule has 0 radical (unpaired) electrons. The minimum absolute atomic E-state index is 0.630. The van der Waals surface area contributed by atoms with Gasteiger partial charge in [0.1, 0.15) is 0 Å². The summed E-state index contributed by atoms with van der Waals surface area (Å²) in [4.78, 5) is 15.5. The normalized spacial score (nSPS) is 11.3. The van der Waals surface area contributed by atoms with Crippen LogP contribution in [0, 0.1) is 0 Å². The van der Waals surface area contributed by atoms with Gasteiger partial charge >= 0.3 is 0 Å². The molecule has 0 unspecified atom stereocenters.